The van der Waals surface area contributed by atoms with Crippen LogP contribution in [0.25, 0.3) is 0 Å². The van der Waals surface area contributed by atoms with Crippen LogP contribution >= 0.6 is 27.5 Å². The number of nitrogens with one attached hydrogen (secondary N) is 1. The number of halogens is 2. The van der Waals surface area contributed by atoms with Crippen molar-refractivity contribution in [3.8, 4) is 0 Å². The van der Waals surface area contributed by atoms with Gasteiger partial charge in [-0.2, -0.15) is 0 Å². The van der Waals surface area contributed by atoms with Gasteiger partial charge in [0.15, 0.2) is 0 Å². The highest BCUT2D eigenvalue weighted by molar-refractivity contribution is 9.10. The van der Waals surface area contributed by atoms with Gasteiger partial charge in [0, 0.05) is 4.47 Å². The summed E-state index contributed by atoms with van der Waals surface area (Å²) in [4.78, 5) is 0. The van der Waals surface area contributed by atoms with Crippen LogP contribution in [0, 0.1) is 0 Å². The zero-order valence-electron chi connectivity index (χ0n) is 8.13. The molecule has 0 radical (unpaired) electrons. The molecule has 0 unspecified atom stereocenters. The third-order valence-corrected chi connectivity index (χ3v) is 4.39. The Labute approximate surface area is 103 Å². The Kier molecular flexibility index (Phi) is 4.43. The largest absolute Gasteiger partial charge is 0.284 e. The van der Waals surface area contributed by atoms with Gasteiger partial charge in [0.25, 0.3) is 0 Å². The van der Waals surface area contributed by atoms with Crippen molar-refractivity contribution >= 4 is 43.2 Å². The minimum Gasteiger partial charge on any atom is -0.284 e. The maximum atomic E-state index is 11.4. The van der Waals surface area contributed by atoms with Crippen LogP contribution in [0.15, 0.2) is 22.7 Å². The topological polar surface area (TPSA) is 46.2 Å². The molecule has 0 atom stereocenters. The zero-order chi connectivity index (χ0) is 11.5. The van der Waals surface area contributed by atoms with Gasteiger partial charge in [-0.15, -0.1) is 0 Å². The second kappa shape index (κ2) is 5.18. The van der Waals surface area contributed by atoms with E-state index in [1.807, 2.05) is 6.92 Å². The van der Waals surface area contributed by atoms with Gasteiger partial charge in [-0.05, 0) is 40.5 Å². The Hall–Kier alpha value is -0.260. The molecule has 0 aliphatic carbocycles. The van der Waals surface area contributed by atoms with E-state index in [4.69, 9.17) is 11.6 Å². The van der Waals surface area contributed by atoms with Crippen LogP contribution in [0.1, 0.15) is 13.3 Å². The minimum atomic E-state index is -3.24. The molecule has 0 saturated carbocycles. The number of benzene rings is 1. The summed E-state index contributed by atoms with van der Waals surface area (Å²) < 4.78 is 26.1. The Bertz CT molecular complexity index is 447. The minimum absolute atomic E-state index is 0.112. The maximum Gasteiger partial charge on any atom is 0.232 e. The lowest BCUT2D eigenvalue weighted by molar-refractivity contribution is 0.600. The summed E-state index contributed by atoms with van der Waals surface area (Å²) in [6, 6.07) is 4.92. The molecule has 15 heavy (non-hydrogen) atoms. The van der Waals surface area contributed by atoms with Gasteiger partial charge < -0.3 is 0 Å². The van der Waals surface area contributed by atoms with E-state index in [-0.39, 0.29) is 5.75 Å². The van der Waals surface area contributed by atoms with Gasteiger partial charge in [0.1, 0.15) is 0 Å². The summed E-state index contributed by atoms with van der Waals surface area (Å²) in [6.45, 7) is 1.81. The second-order valence-corrected chi connectivity index (χ2v) is 6.15. The average Bonchev–Trinajstić information content (AvgIpc) is 2.10. The second-order valence-electron chi connectivity index (χ2n) is 3.05. The first-order chi connectivity index (χ1) is 6.94. The predicted molar refractivity (Wildman–Crippen MR) is 66.9 cm³/mol. The molecular formula is C9H11BrClNO2S. The van der Waals surface area contributed by atoms with Gasteiger partial charge in [0.05, 0.1) is 16.5 Å². The van der Waals surface area contributed by atoms with E-state index in [2.05, 4.69) is 20.7 Å². The van der Waals surface area contributed by atoms with Gasteiger partial charge in [-0.25, -0.2) is 8.42 Å². The molecule has 1 aromatic rings. The normalized spacial score (nSPS) is 11.4. The van der Waals surface area contributed by atoms with Crippen molar-refractivity contribution in [2.45, 2.75) is 13.3 Å². The Morgan fingerprint density at radius 3 is 2.67 bits per heavy atom. The van der Waals surface area contributed by atoms with Gasteiger partial charge in [-0.3, -0.25) is 4.72 Å². The van der Waals surface area contributed by atoms with Crippen LogP contribution < -0.4 is 4.72 Å². The summed E-state index contributed by atoms with van der Waals surface area (Å²) in [7, 11) is -3.24. The van der Waals surface area contributed by atoms with Crippen LogP contribution in [0.3, 0.4) is 0 Å². The highest BCUT2D eigenvalue weighted by atomic mass is 79.9. The highest BCUT2D eigenvalue weighted by Gasteiger charge is 2.09. The fourth-order valence-corrected chi connectivity index (χ4v) is 2.61. The molecule has 0 spiro atoms. The molecule has 1 aromatic carbocycles. The van der Waals surface area contributed by atoms with Gasteiger partial charge >= 0.3 is 0 Å². The number of rotatable bonds is 4. The van der Waals surface area contributed by atoms with Crippen LogP contribution in [0.2, 0.25) is 5.02 Å². The van der Waals surface area contributed by atoms with Crippen molar-refractivity contribution in [2.75, 3.05) is 10.5 Å². The van der Waals surface area contributed by atoms with E-state index >= 15 is 0 Å². The number of anilines is 1. The molecule has 6 heteroatoms. The van der Waals surface area contributed by atoms with Crippen LogP contribution in [-0.2, 0) is 10.0 Å². The van der Waals surface area contributed by atoms with Crippen molar-refractivity contribution in [2.24, 2.45) is 0 Å². The van der Waals surface area contributed by atoms with E-state index in [0.717, 1.165) is 4.47 Å². The van der Waals surface area contributed by atoms with Crippen molar-refractivity contribution in [3.05, 3.63) is 27.7 Å². The van der Waals surface area contributed by atoms with Gasteiger partial charge in [-0.1, -0.05) is 18.5 Å². The standard InChI is InChI=1S/C9H11BrClNO2S/c1-2-5-15(13,14)12-7-3-4-8(10)9(11)6-7/h3-4,6,12H,2,5H2,1H3. The molecule has 0 fully saturated rings. The van der Waals surface area contributed by atoms with Crippen molar-refractivity contribution < 1.29 is 8.42 Å². The van der Waals surface area contributed by atoms with Crippen molar-refractivity contribution in [1.82, 2.24) is 0 Å². The molecule has 0 saturated heterocycles. The molecule has 1 N–H and O–H groups in total. The SMILES string of the molecule is CCCS(=O)(=O)Nc1ccc(Br)c(Cl)c1. The van der Waals surface area contributed by atoms with E-state index < -0.39 is 10.0 Å². The van der Waals surface area contributed by atoms with E-state index in [9.17, 15) is 8.42 Å². The number of sulfonamides is 1. The molecule has 84 valence electrons. The Balaban J connectivity index is 2.86. The maximum absolute atomic E-state index is 11.4. The molecule has 0 aliphatic rings. The Morgan fingerprint density at radius 2 is 2.13 bits per heavy atom. The van der Waals surface area contributed by atoms with Crippen LogP contribution in [-0.4, -0.2) is 14.2 Å². The van der Waals surface area contributed by atoms with Crippen LogP contribution in [0.5, 0.6) is 0 Å². The predicted octanol–water partition coefficient (Wildman–Crippen LogP) is 3.25. The molecule has 1 rings (SSSR count). The first-order valence-electron chi connectivity index (χ1n) is 4.40. The zero-order valence-corrected chi connectivity index (χ0v) is 11.3. The summed E-state index contributed by atoms with van der Waals surface area (Å²) in [5, 5.41) is 0.478. The molecule has 0 aliphatic heterocycles. The third-order valence-electron chi connectivity index (χ3n) is 1.67. The molecule has 0 bridgehead atoms. The smallest absolute Gasteiger partial charge is 0.232 e. The van der Waals surface area contributed by atoms with E-state index in [1.54, 1.807) is 18.2 Å². The quantitative estimate of drug-likeness (QED) is 0.927. The number of hydrogen-bond acceptors (Lipinski definition) is 2. The van der Waals surface area contributed by atoms with E-state index in [1.165, 1.54) is 0 Å². The number of hydrogen-bond donors (Lipinski definition) is 1. The fourth-order valence-electron chi connectivity index (χ4n) is 1.06. The monoisotopic (exact) mass is 311 g/mol. The first-order valence-corrected chi connectivity index (χ1v) is 7.22. The third kappa shape index (κ3) is 4.01. The molecule has 3 nitrogen and oxygen atoms in total. The molecule has 0 aromatic heterocycles. The lowest BCUT2D eigenvalue weighted by atomic mass is 10.3. The lowest BCUT2D eigenvalue weighted by Crippen LogP contribution is -2.15. The summed E-state index contributed by atoms with van der Waals surface area (Å²) >= 11 is 9.07. The van der Waals surface area contributed by atoms with Crippen LogP contribution in [0.4, 0.5) is 5.69 Å². The average molecular weight is 313 g/mol. The summed E-state index contributed by atoms with van der Waals surface area (Å²) in [5.74, 6) is 0.112. The van der Waals surface area contributed by atoms with Crippen molar-refractivity contribution in [3.63, 3.8) is 0 Å². The van der Waals surface area contributed by atoms with E-state index in [0.29, 0.717) is 17.1 Å². The fraction of sp³-hybridized carbons (Fsp3) is 0.333. The van der Waals surface area contributed by atoms with Gasteiger partial charge in [0.2, 0.25) is 10.0 Å². The molecule has 0 amide bonds. The highest BCUT2D eigenvalue weighted by Crippen LogP contribution is 2.25. The summed E-state index contributed by atoms with van der Waals surface area (Å²) in [5.41, 5.74) is 0.483. The summed E-state index contributed by atoms with van der Waals surface area (Å²) in [6.07, 6.45) is 0.583. The Morgan fingerprint density at radius 1 is 1.47 bits per heavy atom. The molecule has 0 heterocycles. The lowest BCUT2D eigenvalue weighted by Gasteiger charge is -2.07. The first kappa shape index (κ1) is 12.8. The molecular weight excluding hydrogens is 302 g/mol. The van der Waals surface area contributed by atoms with Crippen molar-refractivity contribution in [1.29, 1.82) is 0 Å².